The Morgan fingerprint density at radius 3 is 2.80 bits per heavy atom. The second-order valence-electron chi connectivity index (χ2n) is 4.96. The fourth-order valence-electron chi connectivity index (χ4n) is 2.43. The van der Waals surface area contributed by atoms with Gasteiger partial charge in [-0.3, -0.25) is 4.79 Å². The van der Waals surface area contributed by atoms with Crippen LogP contribution >= 0.6 is 11.3 Å². The summed E-state index contributed by atoms with van der Waals surface area (Å²) in [5.74, 6) is 0.369. The lowest BCUT2D eigenvalue weighted by molar-refractivity contribution is 0.0776. The Hall–Kier alpha value is -1.60. The first kappa shape index (κ1) is 13.4. The molecule has 2 aliphatic heterocycles. The third-order valence-electron chi connectivity index (χ3n) is 3.57. The highest BCUT2D eigenvalue weighted by atomic mass is 32.1. The second kappa shape index (κ2) is 5.80. The van der Waals surface area contributed by atoms with E-state index in [0.717, 1.165) is 44.3 Å². The molecule has 2 aliphatic rings. The maximum Gasteiger partial charge on any atom is 0.268 e. The molecule has 1 aromatic rings. The lowest BCUT2D eigenvalue weighted by atomic mass is 10.2. The Labute approximate surface area is 122 Å². The number of nitrogens with zero attached hydrogens (tertiary/aromatic N) is 3. The van der Waals surface area contributed by atoms with Crippen molar-refractivity contribution in [2.75, 3.05) is 49.9 Å². The first-order valence-corrected chi connectivity index (χ1v) is 7.73. The highest BCUT2D eigenvalue weighted by molar-refractivity contribution is 7.18. The molecule has 0 spiro atoms. The predicted octanol–water partition coefficient (Wildman–Crippen LogP) is 0.537. The number of hydrogen-bond acceptors (Lipinski definition) is 6. The molecule has 3 heterocycles. The van der Waals surface area contributed by atoms with Gasteiger partial charge in [-0.15, -0.1) is 0 Å². The number of rotatable bonds is 2. The van der Waals surface area contributed by atoms with E-state index in [1.165, 1.54) is 11.3 Å². The molecule has 1 fully saturated rings. The van der Waals surface area contributed by atoms with E-state index in [9.17, 15) is 4.79 Å². The van der Waals surface area contributed by atoms with Gasteiger partial charge in [-0.1, -0.05) is 23.5 Å². The van der Waals surface area contributed by atoms with E-state index in [2.05, 4.69) is 21.3 Å². The SMILES string of the molecule is Nc1nc(N2CCNCC2)sc1C(=O)N1CC=CCC1. The summed E-state index contributed by atoms with van der Waals surface area (Å²) in [6.45, 7) is 5.13. The second-order valence-corrected chi connectivity index (χ2v) is 5.94. The maximum absolute atomic E-state index is 12.5. The van der Waals surface area contributed by atoms with E-state index < -0.39 is 0 Å². The van der Waals surface area contributed by atoms with Crippen molar-refractivity contribution in [3.8, 4) is 0 Å². The molecule has 3 rings (SSSR count). The Morgan fingerprint density at radius 2 is 2.10 bits per heavy atom. The fraction of sp³-hybridized carbons (Fsp3) is 0.538. The van der Waals surface area contributed by atoms with Crippen LogP contribution in [0.3, 0.4) is 0 Å². The molecule has 7 heteroatoms. The minimum absolute atomic E-state index is 0.00531. The van der Waals surface area contributed by atoms with Crippen molar-refractivity contribution in [1.29, 1.82) is 0 Å². The highest BCUT2D eigenvalue weighted by Gasteiger charge is 2.24. The Morgan fingerprint density at radius 1 is 1.30 bits per heavy atom. The fourth-order valence-corrected chi connectivity index (χ4v) is 3.44. The van der Waals surface area contributed by atoms with Crippen LogP contribution in [0.15, 0.2) is 12.2 Å². The van der Waals surface area contributed by atoms with Crippen molar-refractivity contribution in [1.82, 2.24) is 15.2 Å². The molecule has 0 aromatic carbocycles. The van der Waals surface area contributed by atoms with Crippen molar-refractivity contribution >= 4 is 28.2 Å². The molecule has 0 saturated carbocycles. The maximum atomic E-state index is 12.5. The van der Waals surface area contributed by atoms with Crippen molar-refractivity contribution in [2.45, 2.75) is 6.42 Å². The molecule has 3 N–H and O–H groups in total. The third kappa shape index (κ3) is 2.64. The van der Waals surface area contributed by atoms with Gasteiger partial charge in [0.05, 0.1) is 0 Å². The van der Waals surface area contributed by atoms with Crippen LogP contribution in [-0.2, 0) is 0 Å². The summed E-state index contributed by atoms with van der Waals surface area (Å²) in [5.41, 5.74) is 5.95. The number of thiazole rings is 1. The summed E-state index contributed by atoms with van der Waals surface area (Å²) in [4.78, 5) is 21.4. The summed E-state index contributed by atoms with van der Waals surface area (Å²) >= 11 is 1.41. The third-order valence-corrected chi connectivity index (χ3v) is 4.69. The van der Waals surface area contributed by atoms with E-state index in [1.54, 1.807) is 0 Å². The number of carbonyl (C=O) groups is 1. The topological polar surface area (TPSA) is 74.5 Å². The van der Waals surface area contributed by atoms with Crippen LogP contribution in [0, 0.1) is 0 Å². The predicted molar refractivity (Wildman–Crippen MR) is 81.3 cm³/mol. The van der Waals surface area contributed by atoms with E-state index in [0.29, 0.717) is 17.2 Å². The lowest BCUT2D eigenvalue weighted by Crippen LogP contribution is -2.43. The smallest absolute Gasteiger partial charge is 0.268 e. The van der Waals surface area contributed by atoms with E-state index in [1.807, 2.05) is 11.0 Å². The molecular weight excluding hydrogens is 274 g/mol. The Bertz CT molecular complexity index is 521. The van der Waals surface area contributed by atoms with Crippen LogP contribution in [-0.4, -0.2) is 55.1 Å². The van der Waals surface area contributed by atoms with E-state index >= 15 is 0 Å². The summed E-state index contributed by atoms with van der Waals surface area (Å²) in [6, 6.07) is 0. The van der Waals surface area contributed by atoms with Gasteiger partial charge in [0, 0.05) is 39.3 Å². The number of piperazine rings is 1. The van der Waals surface area contributed by atoms with Gasteiger partial charge in [-0.05, 0) is 6.42 Å². The van der Waals surface area contributed by atoms with Crippen LogP contribution in [0.1, 0.15) is 16.1 Å². The highest BCUT2D eigenvalue weighted by Crippen LogP contribution is 2.29. The molecule has 0 unspecified atom stereocenters. The van der Waals surface area contributed by atoms with Gasteiger partial charge in [0.25, 0.3) is 5.91 Å². The number of hydrogen-bond donors (Lipinski definition) is 2. The van der Waals surface area contributed by atoms with Gasteiger partial charge in [-0.2, -0.15) is 0 Å². The van der Waals surface area contributed by atoms with Crippen LogP contribution in [0.4, 0.5) is 10.9 Å². The molecule has 20 heavy (non-hydrogen) atoms. The molecule has 6 nitrogen and oxygen atoms in total. The van der Waals surface area contributed by atoms with Gasteiger partial charge >= 0.3 is 0 Å². The van der Waals surface area contributed by atoms with E-state index in [-0.39, 0.29) is 5.91 Å². The molecule has 1 amide bonds. The number of nitrogens with one attached hydrogen (secondary N) is 1. The quantitative estimate of drug-likeness (QED) is 0.778. The molecule has 108 valence electrons. The molecule has 0 radical (unpaired) electrons. The van der Waals surface area contributed by atoms with Crippen molar-refractivity contribution in [3.63, 3.8) is 0 Å². The van der Waals surface area contributed by atoms with Crippen LogP contribution < -0.4 is 16.0 Å². The van der Waals surface area contributed by atoms with Crippen molar-refractivity contribution in [3.05, 3.63) is 17.0 Å². The van der Waals surface area contributed by atoms with Crippen LogP contribution in [0.2, 0.25) is 0 Å². The minimum atomic E-state index is 0.00531. The minimum Gasteiger partial charge on any atom is -0.382 e. The first-order valence-electron chi connectivity index (χ1n) is 6.92. The largest absolute Gasteiger partial charge is 0.382 e. The number of anilines is 2. The van der Waals surface area contributed by atoms with Gasteiger partial charge < -0.3 is 20.9 Å². The zero-order valence-electron chi connectivity index (χ0n) is 11.3. The Kier molecular flexibility index (Phi) is 3.88. The van der Waals surface area contributed by atoms with Gasteiger partial charge in [0.1, 0.15) is 10.7 Å². The standard InChI is InChI=1S/C13H19N5OS/c14-11-10(12(19)17-6-2-1-3-7-17)20-13(16-11)18-8-4-15-5-9-18/h1-2,15H,3-9,14H2. The average Bonchev–Trinajstić information content (AvgIpc) is 2.90. The number of nitrogens with two attached hydrogens (primary N) is 1. The zero-order valence-corrected chi connectivity index (χ0v) is 12.2. The summed E-state index contributed by atoms with van der Waals surface area (Å²) in [5, 5.41) is 4.16. The van der Waals surface area contributed by atoms with Gasteiger partial charge in [0.2, 0.25) is 0 Å². The van der Waals surface area contributed by atoms with Gasteiger partial charge in [0.15, 0.2) is 5.13 Å². The Balaban J connectivity index is 1.77. The van der Waals surface area contributed by atoms with Crippen LogP contribution in [0.5, 0.6) is 0 Å². The van der Waals surface area contributed by atoms with Crippen molar-refractivity contribution < 1.29 is 4.79 Å². The monoisotopic (exact) mass is 293 g/mol. The molecule has 0 aliphatic carbocycles. The number of carbonyl (C=O) groups excluding carboxylic acids is 1. The summed E-state index contributed by atoms with van der Waals surface area (Å²) in [7, 11) is 0. The molecule has 0 bridgehead atoms. The number of aromatic nitrogens is 1. The molecule has 0 atom stereocenters. The molecule has 1 aromatic heterocycles. The van der Waals surface area contributed by atoms with Crippen molar-refractivity contribution in [2.24, 2.45) is 0 Å². The zero-order chi connectivity index (χ0) is 13.9. The first-order chi connectivity index (χ1) is 9.75. The van der Waals surface area contributed by atoms with Crippen LogP contribution in [0.25, 0.3) is 0 Å². The summed E-state index contributed by atoms with van der Waals surface area (Å²) in [6.07, 6.45) is 5.04. The average molecular weight is 293 g/mol. The number of nitrogen functional groups attached to an aromatic ring is 1. The molecule has 1 saturated heterocycles. The lowest BCUT2D eigenvalue weighted by Gasteiger charge is -2.26. The summed E-state index contributed by atoms with van der Waals surface area (Å²) < 4.78 is 0. The number of amides is 1. The van der Waals surface area contributed by atoms with E-state index in [4.69, 9.17) is 5.73 Å². The van der Waals surface area contributed by atoms with Gasteiger partial charge in [-0.25, -0.2) is 4.98 Å². The molecular formula is C13H19N5OS. The normalized spacial score (nSPS) is 19.4.